The molecule has 0 radical (unpaired) electrons. The first-order valence-electron chi connectivity index (χ1n) is 5.37. The molecule has 0 aliphatic heterocycles. The van der Waals surface area contributed by atoms with Crippen molar-refractivity contribution in [2.75, 3.05) is 6.54 Å². The van der Waals surface area contributed by atoms with Gasteiger partial charge in [0.05, 0.1) is 5.69 Å². The van der Waals surface area contributed by atoms with Crippen LogP contribution in [0.5, 0.6) is 0 Å². The molecule has 1 aromatic heterocycles. The van der Waals surface area contributed by atoms with E-state index in [1.807, 2.05) is 20.8 Å². The predicted molar refractivity (Wildman–Crippen MR) is 68.5 cm³/mol. The number of halogens is 1. The molecule has 0 saturated carbocycles. The second-order valence-corrected chi connectivity index (χ2v) is 4.59. The van der Waals surface area contributed by atoms with Crippen LogP contribution in [0.3, 0.4) is 0 Å². The van der Waals surface area contributed by atoms with E-state index in [4.69, 9.17) is 10.3 Å². The molecule has 0 atom stereocenters. The fourth-order valence-corrected chi connectivity index (χ4v) is 1.35. The van der Waals surface area contributed by atoms with Gasteiger partial charge in [-0.1, -0.05) is 12.1 Å². The normalized spacial score (nSPS) is 10.9. The smallest absolute Gasteiger partial charge is 0.256 e. The van der Waals surface area contributed by atoms with Crippen LogP contribution in [0.4, 0.5) is 0 Å². The average molecular weight is 262 g/mol. The fraction of sp³-hybridized carbons (Fsp3) is 0.636. The summed E-state index contributed by atoms with van der Waals surface area (Å²) in [6.07, 6.45) is 0.648. The summed E-state index contributed by atoms with van der Waals surface area (Å²) in [5, 5.41) is 6.56. The van der Waals surface area contributed by atoms with Crippen LogP contribution < -0.4 is 11.1 Å². The molecule has 0 aliphatic rings. The summed E-state index contributed by atoms with van der Waals surface area (Å²) in [7, 11) is 0. The van der Waals surface area contributed by atoms with Crippen molar-refractivity contribution in [1.82, 2.24) is 10.5 Å². The molecule has 0 aliphatic carbocycles. The number of hydrogen-bond donors (Lipinski definition) is 2. The van der Waals surface area contributed by atoms with Gasteiger partial charge in [-0.2, -0.15) is 0 Å². The first kappa shape index (κ1) is 15.9. The average Bonchev–Trinajstić information content (AvgIpc) is 2.55. The predicted octanol–water partition coefficient (Wildman–Crippen LogP) is 1.43. The largest absolute Gasteiger partial charge is 0.360 e. The standard InChI is InChI=1S/C11H19N3O2.ClH/c1-5-8-9(7(2)14-16-8)10(15)13-6-11(3,4)12;/h5-6,12H2,1-4H3,(H,13,15);1H. The van der Waals surface area contributed by atoms with Crippen LogP contribution in [-0.4, -0.2) is 23.1 Å². The second kappa shape index (κ2) is 6.02. The quantitative estimate of drug-likeness (QED) is 0.859. The summed E-state index contributed by atoms with van der Waals surface area (Å²) < 4.78 is 5.06. The lowest BCUT2D eigenvalue weighted by molar-refractivity contribution is 0.0943. The zero-order valence-corrected chi connectivity index (χ0v) is 11.5. The van der Waals surface area contributed by atoms with E-state index < -0.39 is 5.54 Å². The highest BCUT2D eigenvalue weighted by molar-refractivity contribution is 5.96. The van der Waals surface area contributed by atoms with Crippen molar-refractivity contribution in [1.29, 1.82) is 0 Å². The monoisotopic (exact) mass is 261 g/mol. The summed E-state index contributed by atoms with van der Waals surface area (Å²) >= 11 is 0. The number of amides is 1. The summed E-state index contributed by atoms with van der Waals surface area (Å²) in [4.78, 5) is 11.9. The molecule has 0 fully saturated rings. The van der Waals surface area contributed by atoms with Gasteiger partial charge in [-0.15, -0.1) is 12.4 Å². The summed E-state index contributed by atoms with van der Waals surface area (Å²) in [6, 6.07) is 0. The van der Waals surface area contributed by atoms with Crippen molar-refractivity contribution in [3.63, 3.8) is 0 Å². The zero-order valence-electron chi connectivity index (χ0n) is 10.7. The van der Waals surface area contributed by atoms with Gasteiger partial charge in [0.15, 0.2) is 0 Å². The Bertz CT molecular complexity index is 383. The minimum Gasteiger partial charge on any atom is -0.360 e. The minimum atomic E-state index is -0.424. The molecule has 5 nitrogen and oxygen atoms in total. The number of nitrogens with one attached hydrogen (secondary N) is 1. The van der Waals surface area contributed by atoms with Crippen molar-refractivity contribution in [2.24, 2.45) is 5.73 Å². The molecule has 17 heavy (non-hydrogen) atoms. The number of aromatic nitrogens is 1. The number of carbonyl (C=O) groups is 1. The van der Waals surface area contributed by atoms with Gasteiger partial charge in [0, 0.05) is 18.5 Å². The van der Waals surface area contributed by atoms with Crippen LogP contribution in [0.1, 0.15) is 42.6 Å². The Hall–Kier alpha value is -1.07. The van der Waals surface area contributed by atoms with E-state index in [1.165, 1.54) is 0 Å². The van der Waals surface area contributed by atoms with Crippen molar-refractivity contribution in [3.05, 3.63) is 17.0 Å². The van der Waals surface area contributed by atoms with E-state index in [2.05, 4.69) is 10.5 Å². The molecular formula is C11H20ClN3O2. The van der Waals surface area contributed by atoms with Crippen molar-refractivity contribution < 1.29 is 9.32 Å². The highest BCUT2D eigenvalue weighted by Gasteiger charge is 2.20. The third-order valence-electron chi connectivity index (χ3n) is 2.19. The topological polar surface area (TPSA) is 81.2 Å². The number of nitrogens with two attached hydrogens (primary N) is 1. The van der Waals surface area contributed by atoms with Gasteiger partial charge in [-0.05, 0) is 20.8 Å². The number of aryl methyl sites for hydroxylation is 2. The van der Waals surface area contributed by atoms with Gasteiger partial charge in [0.2, 0.25) is 0 Å². The second-order valence-electron chi connectivity index (χ2n) is 4.59. The molecular weight excluding hydrogens is 242 g/mol. The molecule has 0 unspecified atom stereocenters. The van der Waals surface area contributed by atoms with E-state index in [0.717, 1.165) is 0 Å². The maximum absolute atomic E-state index is 11.9. The third-order valence-corrected chi connectivity index (χ3v) is 2.19. The minimum absolute atomic E-state index is 0. The van der Waals surface area contributed by atoms with Crippen LogP contribution in [0, 0.1) is 6.92 Å². The van der Waals surface area contributed by atoms with Crippen LogP contribution in [0.25, 0.3) is 0 Å². The maximum Gasteiger partial charge on any atom is 0.256 e. The molecule has 0 saturated heterocycles. The van der Waals surface area contributed by atoms with Gasteiger partial charge in [0.1, 0.15) is 11.3 Å². The number of nitrogens with zero attached hydrogens (tertiary/aromatic N) is 1. The molecule has 98 valence electrons. The Morgan fingerprint density at radius 1 is 1.53 bits per heavy atom. The fourth-order valence-electron chi connectivity index (χ4n) is 1.35. The molecule has 0 spiro atoms. The van der Waals surface area contributed by atoms with Crippen LogP contribution in [-0.2, 0) is 6.42 Å². The van der Waals surface area contributed by atoms with Crippen LogP contribution >= 0.6 is 12.4 Å². The van der Waals surface area contributed by atoms with Crippen LogP contribution in [0.15, 0.2) is 4.52 Å². The first-order valence-corrected chi connectivity index (χ1v) is 5.37. The lowest BCUT2D eigenvalue weighted by atomic mass is 10.1. The number of rotatable bonds is 4. The molecule has 0 aromatic carbocycles. The summed E-state index contributed by atoms with van der Waals surface area (Å²) in [5.74, 6) is 0.443. The summed E-state index contributed by atoms with van der Waals surface area (Å²) in [5.41, 5.74) is 6.52. The number of hydrogen-bond acceptors (Lipinski definition) is 4. The van der Waals surface area contributed by atoms with Gasteiger partial charge in [-0.3, -0.25) is 4.79 Å². The molecule has 0 bridgehead atoms. The maximum atomic E-state index is 11.9. The first-order chi connectivity index (χ1) is 7.35. The van der Waals surface area contributed by atoms with Crippen molar-refractivity contribution >= 4 is 18.3 Å². The highest BCUT2D eigenvalue weighted by atomic mass is 35.5. The van der Waals surface area contributed by atoms with E-state index in [9.17, 15) is 4.79 Å². The summed E-state index contributed by atoms with van der Waals surface area (Å²) in [6.45, 7) is 7.80. The lowest BCUT2D eigenvalue weighted by Crippen LogP contribution is -2.45. The molecule has 3 N–H and O–H groups in total. The lowest BCUT2D eigenvalue weighted by Gasteiger charge is -2.18. The molecule has 1 heterocycles. The Balaban J connectivity index is 0.00000256. The molecule has 1 rings (SSSR count). The van der Waals surface area contributed by atoms with Gasteiger partial charge in [-0.25, -0.2) is 0 Å². The van der Waals surface area contributed by atoms with Crippen molar-refractivity contribution in [3.8, 4) is 0 Å². The SMILES string of the molecule is CCc1onc(C)c1C(=O)NCC(C)(C)N.Cl. The molecule has 6 heteroatoms. The Labute approximate surface area is 108 Å². The number of carbonyl (C=O) groups excluding carboxylic acids is 1. The van der Waals surface area contributed by atoms with Crippen molar-refractivity contribution in [2.45, 2.75) is 39.7 Å². The zero-order chi connectivity index (χ0) is 12.3. The van der Waals surface area contributed by atoms with Gasteiger partial charge < -0.3 is 15.6 Å². The van der Waals surface area contributed by atoms with Gasteiger partial charge >= 0.3 is 0 Å². The van der Waals surface area contributed by atoms with E-state index in [0.29, 0.717) is 30.0 Å². The molecule has 1 amide bonds. The van der Waals surface area contributed by atoms with E-state index in [1.54, 1.807) is 6.92 Å². The van der Waals surface area contributed by atoms with E-state index >= 15 is 0 Å². The Kier molecular flexibility index (Phi) is 5.64. The van der Waals surface area contributed by atoms with E-state index in [-0.39, 0.29) is 18.3 Å². The molecule has 1 aromatic rings. The highest BCUT2D eigenvalue weighted by Crippen LogP contribution is 2.13. The Morgan fingerprint density at radius 3 is 2.59 bits per heavy atom. The van der Waals surface area contributed by atoms with Crippen LogP contribution in [0.2, 0.25) is 0 Å². The third kappa shape index (κ3) is 4.36. The van der Waals surface area contributed by atoms with Gasteiger partial charge in [0.25, 0.3) is 5.91 Å². The Morgan fingerprint density at radius 2 is 2.12 bits per heavy atom.